The molecular formula is C26H29N3O. The Morgan fingerprint density at radius 3 is 2.17 bits per heavy atom. The minimum absolute atomic E-state index is 0.00957. The van der Waals surface area contributed by atoms with Crippen molar-refractivity contribution in [2.24, 2.45) is 17.8 Å². The van der Waals surface area contributed by atoms with Crippen molar-refractivity contribution in [3.8, 4) is 11.3 Å². The second kappa shape index (κ2) is 6.44. The Bertz CT molecular complexity index is 1110. The average Bonchev–Trinajstić information content (AvgIpc) is 3.05. The standard InChI is InChI=1S/C26H29N3O/c1-16-3-6-21(7-4-16)23-24(29-15-17(2)5-8-22(29)27-23)25(30)28-26-12-18-9-19(13-26)11-20(10-18)14-26/h3-8,15,18-20H,9-14H2,1-2H3,(H,28,30). The van der Waals surface area contributed by atoms with Crippen LogP contribution in [0.3, 0.4) is 0 Å². The van der Waals surface area contributed by atoms with Gasteiger partial charge in [0, 0.05) is 17.3 Å². The van der Waals surface area contributed by atoms with Gasteiger partial charge in [-0.3, -0.25) is 9.20 Å². The van der Waals surface area contributed by atoms with E-state index < -0.39 is 0 Å². The molecule has 1 N–H and O–H groups in total. The van der Waals surface area contributed by atoms with Crippen molar-refractivity contribution in [3.63, 3.8) is 0 Å². The van der Waals surface area contributed by atoms with E-state index in [-0.39, 0.29) is 11.4 Å². The summed E-state index contributed by atoms with van der Waals surface area (Å²) >= 11 is 0. The molecule has 0 saturated heterocycles. The van der Waals surface area contributed by atoms with Gasteiger partial charge in [-0.05, 0) is 81.8 Å². The Kier molecular flexibility index (Phi) is 3.90. The number of fused-ring (bicyclic) bond motifs is 1. The van der Waals surface area contributed by atoms with E-state index in [1.807, 2.05) is 16.7 Å². The van der Waals surface area contributed by atoms with Crippen molar-refractivity contribution in [2.45, 2.75) is 57.9 Å². The first-order valence-corrected chi connectivity index (χ1v) is 11.4. The average molecular weight is 400 g/mol. The predicted molar refractivity (Wildman–Crippen MR) is 118 cm³/mol. The molecule has 4 fully saturated rings. The van der Waals surface area contributed by atoms with Crippen molar-refractivity contribution in [2.75, 3.05) is 0 Å². The molecule has 4 nitrogen and oxygen atoms in total. The highest BCUT2D eigenvalue weighted by Crippen LogP contribution is 2.55. The fourth-order valence-electron chi connectivity index (χ4n) is 6.84. The van der Waals surface area contributed by atoms with Crippen LogP contribution in [0.1, 0.15) is 60.1 Å². The van der Waals surface area contributed by atoms with Gasteiger partial charge in [0.15, 0.2) is 0 Å². The van der Waals surface area contributed by atoms with Crippen LogP contribution in [0, 0.1) is 31.6 Å². The van der Waals surface area contributed by atoms with Gasteiger partial charge in [-0.1, -0.05) is 35.9 Å². The maximum Gasteiger partial charge on any atom is 0.271 e. The van der Waals surface area contributed by atoms with Crippen molar-refractivity contribution < 1.29 is 4.79 Å². The molecule has 2 heterocycles. The van der Waals surface area contributed by atoms with Crippen LogP contribution < -0.4 is 5.32 Å². The molecule has 3 aromatic rings. The van der Waals surface area contributed by atoms with Crippen molar-refractivity contribution in [1.29, 1.82) is 0 Å². The van der Waals surface area contributed by atoms with E-state index in [9.17, 15) is 4.79 Å². The third kappa shape index (κ3) is 2.88. The fraction of sp³-hybridized carbons (Fsp3) is 0.462. The number of carbonyl (C=O) groups excluding carboxylic acids is 1. The Morgan fingerprint density at radius 2 is 1.53 bits per heavy atom. The van der Waals surface area contributed by atoms with Gasteiger partial charge in [0.2, 0.25) is 0 Å². The molecule has 1 aromatic carbocycles. The Balaban J connectivity index is 1.43. The maximum atomic E-state index is 13.8. The summed E-state index contributed by atoms with van der Waals surface area (Å²) in [4.78, 5) is 18.7. The van der Waals surface area contributed by atoms with Crippen LogP contribution in [0.15, 0.2) is 42.6 Å². The number of benzene rings is 1. The van der Waals surface area contributed by atoms with Gasteiger partial charge in [0.1, 0.15) is 17.0 Å². The number of aromatic nitrogens is 2. The van der Waals surface area contributed by atoms with Gasteiger partial charge in [-0.2, -0.15) is 0 Å². The molecule has 0 aliphatic heterocycles. The third-order valence-corrected chi connectivity index (χ3v) is 7.72. The quantitative estimate of drug-likeness (QED) is 0.648. The number of carbonyl (C=O) groups is 1. The molecule has 4 aliphatic rings. The molecule has 4 heteroatoms. The first-order valence-electron chi connectivity index (χ1n) is 11.4. The summed E-state index contributed by atoms with van der Waals surface area (Å²) in [6.07, 6.45) is 9.62. The van der Waals surface area contributed by atoms with E-state index in [1.165, 1.54) is 24.8 Å². The summed E-state index contributed by atoms with van der Waals surface area (Å²) in [5, 5.41) is 3.56. The van der Waals surface area contributed by atoms with E-state index in [0.29, 0.717) is 5.69 Å². The summed E-state index contributed by atoms with van der Waals surface area (Å²) in [6, 6.07) is 12.4. The van der Waals surface area contributed by atoms with Crippen molar-refractivity contribution >= 4 is 11.6 Å². The molecule has 0 atom stereocenters. The Hall–Kier alpha value is -2.62. The summed E-state index contributed by atoms with van der Waals surface area (Å²) in [5.74, 6) is 2.44. The van der Waals surface area contributed by atoms with Gasteiger partial charge in [0.25, 0.3) is 5.91 Å². The third-order valence-electron chi connectivity index (χ3n) is 7.72. The molecule has 30 heavy (non-hydrogen) atoms. The largest absolute Gasteiger partial charge is 0.345 e. The fourth-order valence-corrected chi connectivity index (χ4v) is 6.84. The van der Waals surface area contributed by atoms with E-state index in [1.54, 1.807) is 0 Å². The monoisotopic (exact) mass is 399 g/mol. The minimum Gasteiger partial charge on any atom is -0.345 e. The summed E-state index contributed by atoms with van der Waals surface area (Å²) in [7, 11) is 0. The van der Waals surface area contributed by atoms with Crippen LogP contribution in [0.4, 0.5) is 0 Å². The molecule has 7 rings (SSSR count). The summed E-state index contributed by atoms with van der Waals surface area (Å²) in [6.45, 7) is 4.14. The Morgan fingerprint density at radius 1 is 0.933 bits per heavy atom. The van der Waals surface area contributed by atoms with Crippen LogP contribution in [-0.2, 0) is 0 Å². The molecule has 4 bridgehead atoms. The highest BCUT2D eigenvalue weighted by molar-refractivity contribution is 6.00. The lowest BCUT2D eigenvalue weighted by molar-refractivity contribution is -0.0167. The van der Waals surface area contributed by atoms with Crippen molar-refractivity contribution in [3.05, 3.63) is 59.4 Å². The SMILES string of the molecule is Cc1ccc(-c2nc3ccc(C)cn3c2C(=O)NC23CC4CC(CC(C4)C2)C3)cc1. The minimum atomic E-state index is -0.00957. The highest BCUT2D eigenvalue weighted by Gasteiger charge is 2.51. The first-order chi connectivity index (χ1) is 14.5. The lowest BCUT2D eigenvalue weighted by Crippen LogP contribution is -2.60. The number of amides is 1. The number of imidazole rings is 1. The zero-order valence-corrected chi connectivity index (χ0v) is 17.8. The molecule has 154 valence electrons. The molecular weight excluding hydrogens is 370 g/mol. The molecule has 0 spiro atoms. The topological polar surface area (TPSA) is 46.4 Å². The highest BCUT2D eigenvalue weighted by atomic mass is 16.2. The Labute approximate surface area is 177 Å². The van der Waals surface area contributed by atoms with Gasteiger partial charge < -0.3 is 5.32 Å². The second-order valence-electron chi connectivity index (χ2n) is 10.3. The number of nitrogens with one attached hydrogen (secondary N) is 1. The van der Waals surface area contributed by atoms with Crippen LogP contribution >= 0.6 is 0 Å². The van der Waals surface area contributed by atoms with E-state index >= 15 is 0 Å². The van der Waals surface area contributed by atoms with Gasteiger partial charge in [-0.15, -0.1) is 0 Å². The lowest BCUT2D eigenvalue weighted by atomic mass is 9.53. The molecule has 0 radical (unpaired) electrons. The number of rotatable bonds is 3. The smallest absolute Gasteiger partial charge is 0.271 e. The molecule has 2 aromatic heterocycles. The summed E-state index contributed by atoms with van der Waals surface area (Å²) in [5.41, 5.74) is 5.60. The predicted octanol–water partition coefficient (Wildman–Crippen LogP) is 5.32. The normalized spacial score (nSPS) is 29.5. The second-order valence-corrected chi connectivity index (χ2v) is 10.3. The van der Waals surface area contributed by atoms with Crippen LogP contribution in [0.25, 0.3) is 16.9 Å². The zero-order valence-electron chi connectivity index (χ0n) is 17.8. The first kappa shape index (κ1) is 18.2. The number of aryl methyl sites for hydroxylation is 2. The van der Waals surface area contributed by atoms with Crippen LogP contribution in [0.2, 0.25) is 0 Å². The van der Waals surface area contributed by atoms with E-state index in [4.69, 9.17) is 4.98 Å². The number of pyridine rings is 1. The van der Waals surface area contributed by atoms with E-state index in [0.717, 1.165) is 59.5 Å². The van der Waals surface area contributed by atoms with E-state index in [2.05, 4.69) is 49.5 Å². The van der Waals surface area contributed by atoms with Crippen molar-refractivity contribution in [1.82, 2.24) is 14.7 Å². The van der Waals surface area contributed by atoms with Gasteiger partial charge >= 0.3 is 0 Å². The van der Waals surface area contributed by atoms with Gasteiger partial charge in [-0.25, -0.2) is 4.98 Å². The molecule has 0 unspecified atom stereocenters. The van der Waals surface area contributed by atoms with Crippen LogP contribution in [0.5, 0.6) is 0 Å². The summed E-state index contributed by atoms with van der Waals surface area (Å²) < 4.78 is 1.99. The number of hydrogen-bond acceptors (Lipinski definition) is 2. The molecule has 4 saturated carbocycles. The zero-order chi connectivity index (χ0) is 20.5. The number of nitrogens with zero attached hydrogens (tertiary/aromatic N) is 2. The molecule has 4 aliphatic carbocycles. The van der Waals surface area contributed by atoms with Crippen LogP contribution in [-0.4, -0.2) is 20.8 Å². The lowest BCUT2D eigenvalue weighted by Gasteiger charge is -2.56. The van der Waals surface area contributed by atoms with Gasteiger partial charge in [0.05, 0.1) is 0 Å². The number of hydrogen-bond donors (Lipinski definition) is 1. The maximum absolute atomic E-state index is 13.8. The molecule has 1 amide bonds.